The third-order valence-corrected chi connectivity index (χ3v) is 3.24. The molecule has 1 aliphatic rings. The summed E-state index contributed by atoms with van der Waals surface area (Å²) >= 11 is 0. The summed E-state index contributed by atoms with van der Waals surface area (Å²) in [6, 6.07) is 3.38. The van der Waals surface area contributed by atoms with Gasteiger partial charge in [0.25, 0.3) is 0 Å². The Balaban J connectivity index is 2.22. The highest BCUT2D eigenvalue weighted by atomic mass is 16.6. The highest BCUT2D eigenvalue weighted by Gasteiger charge is 2.42. The van der Waals surface area contributed by atoms with Crippen molar-refractivity contribution < 1.29 is 28.5 Å². The van der Waals surface area contributed by atoms with E-state index in [0.29, 0.717) is 29.4 Å². The molecule has 0 amide bonds. The van der Waals surface area contributed by atoms with Crippen molar-refractivity contribution in [2.24, 2.45) is 0 Å². The van der Waals surface area contributed by atoms with E-state index in [9.17, 15) is 4.79 Å². The predicted molar refractivity (Wildman–Crippen MR) is 70.9 cm³/mol. The molecular formula is C14H18O6. The number of hydrogen-bond acceptors (Lipinski definition) is 6. The molecule has 0 bridgehead atoms. The number of methoxy groups -OCH3 is 4. The van der Waals surface area contributed by atoms with E-state index < -0.39 is 6.10 Å². The van der Waals surface area contributed by atoms with Gasteiger partial charge < -0.3 is 23.7 Å². The quantitative estimate of drug-likeness (QED) is 0.787. The van der Waals surface area contributed by atoms with E-state index in [2.05, 4.69) is 0 Å². The fraction of sp³-hybridized carbons (Fsp3) is 0.500. The molecule has 0 aromatic heterocycles. The summed E-state index contributed by atoms with van der Waals surface area (Å²) in [5.41, 5.74) is 0. The van der Waals surface area contributed by atoms with Gasteiger partial charge in [-0.25, -0.2) is 0 Å². The van der Waals surface area contributed by atoms with Crippen molar-refractivity contribution >= 4 is 5.78 Å². The summed E-state index contributed by atoms with van der Waals surface area (Å²) in [5.74, 6) is 2.09. The molecule has 1 fully saturated rings. The van der Waals surface area contributed by atoms with Gasteiger partial charge in [-0.2, -0.15) is 0 Å². The molecule has 1 aromatic carbocycles. The van der Waals surface area contributed by atoms with Crippen LogP contribution in [0.4, 0.5) is 0 Å². The molecule has 0 heterocycles. The average molecular weight is 282 g/mol. The molecule has 1 aliphatic carbocycles. The first-order chi connectivity index (χ1) is 9.64. The number of hydrogen-bond donors (Lipinski definition) is 0. The number of carbonyl (C=O) groups excluding carboxylic acids is 1. The van der Waals surface area contributed by atoms with Gasteiger partial charge in [0.05, 0.1) is 21.3 Å². The fourth-order valence-corrected chi connectivity index (χ4v) is 2.15. The zero-order valence-electron chi connectivity index (χ0n) is 12.0. The first kappa shape index (κ1) is 14.5. The molecule has 0 aliphatic heterocycles. The maximum atomic E-state index is 11.3. The highest BCUT2D eigenvalue weighted by molar-refractivity contribution is 5.90. The largest absolute Gasteiger partial charge is 0.493 e. The van der Waals surface area contributed by atoms with Crippen molar-refractivity contribution in [3.8, 4) is 23.0 Å². The molecule has 2 unspecified atom stereocenters. The second-order valence-corrected chi connectivity index (χ2v) is 4.34. The van der Waals surface area contributed by atoms with Gasteiger partial charge in [-0.1, -0.05) is 0 Å². The molecular weight excluding hydrogens is 264 g/mol. The van der Waals surface area contributed by atoms with Crippen LogP contribution in [0.3, 0.4) is 0 Å². The zero-order valence-corrected chi connectivity index (χ0v) is 12.0. The third kappa shape index (κ3) is 2.51. The van der Waals surface area contributed by atoms with E-state index in [1.165, 1.54) is 28.4 Å². The zero-order chi connectivity index (χ0) is 14.7. The molecule has 20 heavy (non-hydrogen) atoms. The van der Waals surface area contributed by atoms with Gasteiger partial charge in [0, 0.05) is 25.7 Å². The maximum Gasteiger partial charge on any atom is 0.203 e. The Morgan fingerprint density at radius 3 is 2.00 bits per heavy atom. The van der Waals surface area contributed by atoms with Crippen molar-refractivity contribution in [2.45, 2.75) is 18.6 Å². The van der Waals surface area contributed by atoms with Crippen LogP contribution in [-0.2, 0) is 9.53 Å². The van der Waals surface area contributed by atoms with Crippen molar-refractivity contribution in [3.05, 3.63) is 12.1 Å². The minimum absolute atomic E-state index is 0.0462. The Morgan fingerprint density at radius 2 is 1.60 bits per heavy atom. The molecule has 1 aromatic rings. The van der Waals surface area contributed by atoms with Gasteiger partial charge in [-0.3, -0.25) is 4.79 Å². The first-order valence-electron chi connectivity index (χ1n) is 6.16. The van der Waals surface area contributed by atoms with Gasteiger partial charge in [0.2, 0.25) is 5.75 Å². The minimum atomic E-state index is -0.505. The Labute approximate surface area is 117 Å². The van der Waals surface area contributed by atoms with E-state index in [1.54, 1.807) is 12.1 Å². The van der Waals surface area contributed by atoms with Gasteiger partial charge in [-0.15, -0.1) is 0 Å². The van der Waals surface area contributed by atoms with E-state index in [-0.39, 0.29) is 11.9 Å². The molecule has 2 atom stereocenters. The van der Waals surface area contributed by atoms with Crippen molar-refractivity contribution in [3.63, 3.8) is 0 Å². The Bertz CT molecular complexity index is 473. The fourth-order valence-electron chi connectivity index (χ4n) is 2.15. The number of Topliss-reactive ketones (excluding diaryl/α,β-unsaturated/α-hetero) is 1. The highest BCUT2D eigenvalue weighted by Crippen LogP contribution is 2.41. The molecule has 6 heteroatoms. The van der Waals surface area contributed by atoms with E-state index in [0.717, 1.165) is 0 Å². The summed E-state index contributed by atoms with van der Waals surface area (Å²) in [6.45, 7) is 0. The second-order valence-electron chi connectivity index (χ2n) is 4.34. The number of ketones is 1. The molecule has 0 N–H and O–H groups in total. The van der Waals surface area contributed by atoms with Crippen LogP contribution in [0.25, 0.3) is 0 Å². The van der Waals surface area contributed by atoms with Gasteiger partial charge >= 0.3 is 0 Å². The molecule has 0 radical (unpaired) electrons. The molecule has 1 saturated carbocycles. The third-order valence-electron chi connectivity index (χ3n) is 3.24. The number of rotatable bonds is 6. The van der Waals surface area contributed by atoms with Gasteiger partial charge in [0.15, 0.2) is 23.4 Å². The Morgan fingerprint density at radius 1 is 1.00 bits per heavy atom. The molecule has 110 valence electrons. The molecule has 6 nitrogen and oxygen atoms in total. The lowest BCUT2D eigenvalue weighted by Gasteiger charge is -2.33. The van der Waals surface area contributed by atoms with E-state index >= 15 is 0 Å². The van der Waals surface area contributed by atoms with Crippen molar-refractivity contribution in [1.82, 2.24) is 0 Å². The molecule has 2 rings (SSSR count). The van der Waals surface area contributed by atoms with E-state index in [4.69, 9.17) is 23.7 Å². The first-order valence-corrected chi connectivity index (χ1v) is 6.16. The number of ether oxygens (including phenoxy) is 5. The average Bonchev–Trinajstić information content (AvgIpc) is 2.45. The van der Waals surface area contributed by atoms with Crippen LogP contribution >= 0.6 is 0 Å². The van der Waals surface area contributed by atoms with Crippen molar-refractivity contribution in [2.75, 3.05) is 28.4 Å². The Kier molecular flexibility index (Phi) is 4.34. The molecule has 0 spiro atoms. The maximum absolute atomic E-state index is 11.3. The van der Waals surface area contributed by atoms with Crippen LogP contribution < -0.4 is 18.9 Å². The number of benzene rings is 1. The predicted octanol–water partition coefficient (Wildman–Crippen LogP) is 1.45. The second kappa shape index (κ2) is 6.00. The van der Waals surface area contributed by atoms with Gasteiger partial charge in [-0.05, 0) is 0 Å². The van der Waals surface area contributed by atoms with Crippen LogP contribution in [0.2, 0.25) is 0 Å². The normalized spacial score (nSPS) is 21.1. The Hall–Kier alpha value is -1.95. The van der Waals surface area contributed by atoms with Crippen LogP contribution in [0.15, 0.2) is 12.1 Å². The summed E-state index contributed by atoms with van der Waals surface area (Å²) in [7, 11) is 6.09. The van der Waals surface area contributed by atoms with E-state index in [1.807, 2.05) is 0 Å². The summed E-state index contributed by atoms with van der Waals surface area (Å²) in [4.78, 5) is 11.3. The van der Waals surface area contributed by atoms with Crippen LogP contribution in [-0.4, -0.2) is 46.4 Å². The topological polar surface area (TPSA) is 63.2 Å². The monoisotopic (exact) mass is 282 g/mol. The lowest BCUT2D eigenvalue weighted by molar-refractivity contribution is -0.151. The molecule has 0 saturated heterocycles. The SMILES string of the molecule is COc1cc(OC2CC(=O)C2OC)cc(OC)c1OC. The van der Waals surface area contributed by atoms with Crippen LogP contribution in [0, 0.1) is 0 Å². The standard InChI is InChI=1S/C14H18O6/c1-16-10-5-8(6-11(17-2)14(10)19-4)20-12-7-9(15)13(12)18-3/h5-6,12-13H,7H2,1-4H3. The summed E-state index contributed by atoms with van der Waals surface area (Å²) in [5, 5.41) is 0. The smallest absolute Gasteiger partial charge is 0.203 e. The minimum Gasteiger partial charge on any atom is -0.493 e. The number of carbonyl (C=O) groups is 1. The summed E-state index contributed by atoms with van der Waals surface area (Å²) in [6.07, 6.45) is -0.445. The lowest BCUT2D eigenvalue weighted by atomic mass is 9.90. The van der Waals surface area contributed by atoms with Crippen LogP contribution in [0.5, 0.6) is 23.0 Å². The lowest BCUT2D eigenvalue weighted by Crippen LogP contribution is -2.51. The van der Waals surface area contributed by atoms with Crippen molar-refractivity contribution in [1.29, 1.82) is 0 Å². The summed E-state index contributed by atoms with van der Waals surface area (Å²) < 4.78 is 26.5. The van der Waals surface area contributed by atoms with Crippen LogP contribution in [0.1, 0.15) is 6.42 Å². The van der Waals surface area contributed by atoms with Gasteiger partial charge in [0.1, 0.15) is 11.9 Å².